The van der Waals surface area contributed by atoms with Crippen molar-refractivity contribution in [3.8, 4) is 5.75 Å². The van der Waals surface area contributed by atoms with E-state index in [1.807, 2.05) is 24.3 Å². The third-order valence-corrected chi connectivity index (χ3v) is 4.73. The number of carbonyl (C=O) groups excluding carboxylic acids is 1. The molecule has 0 atom stereocenters. The van der Waals surface area contributed by atoms with Gasteiger partial charge in [-0.25, -0.2) is 5.43 Å². The van der Waals surface area contributed by atoms with Gasteiger partial charge in [-0.3, -0.25) is 4.79 Å². The molecule has 6 heteroatoms. The average molecular weight is 416 g/mol. The summed E-state index contributed by atoms with van der Waals surface area (Å²) >= 11 is 3.35. The molecule has 1 N–H and O–H groups in total. The van der Waals surface area contributed by atoms with Gasteiger partial charge in [0.25, 0.3) is 5.91 Å². The number of amides is 1. The van der Waals surface area contributed by atoms with Gasteiger partial charge in [0, 0.05) is 23.2 Å². The van der Waals surface area contributed by atoms with Crippen LogP contribution in [0.2, 0.25) is 0 Å². The molecule has 1 saturated heterocycles. The van der Waals surface area contributed by atoms with Gasteiger partial charge >= 0.3 is 0 Å². The van der Waals surface area contributed by atoms with Crippen LogP contribution in [-0.4, -0.2) is 31.8 Å². The number of ether oxygens (including phenoxy) is 1. The highest BCUT2D eigenvalue weighted by molar-refractivity contribution is 9.10. The number of anilines is 1. The minimum Gasteiger partial charge on any atom is -0.484 e. The van der Waals surface area contributed by atoms with Gasteiger partial charge in [0.1, 0.15) is 5.75 Å². The highest BCUT2D eigenvalue weighted by Crippen LogP contribution is 2.19. The van der Waals surface area contributed by atoms with E-state index in [-0.39, 0.29) is 12.5 Å². The molecule has 0 aliphatic carbocycles. The van der Waals surface area contributed by atoms with E-state index in [0.29, 0.717) is 5.75 Å². The second kappa shape index (κ2) is 9.38. The molecule has 0 radical (unpaired) electrons. The Morgan fingerprint density at radius 1 is 1.08 bits per heavy atom. The Morgan fingerprint density at radius 3 is 2.46 bits per heavy atom. The van der Waals surface area contributed by atoms with Crippen molar-refractivity contribution in [1.82, 2.24) is 5.43 Å². The Kier molecular flexibility index (Phi) is 6.66. The minimum atomic E-state index is -0.297. The molecule has 3 rings (SSSR count). The average Bonchev–Trinajstić information content (AvgIpc) is 2.69. The lowest BCUT2D eigenvalue weighted by Crippen LogP contribution is -2.29. The summed E-state index contributed by atoms with van der Waals surface area (Å²) in [5.74, 6) is 0.342. The Balaban J connectivity index is 1.44. The molecule has 1 heterocycles. The number of hydrazone groups is 1. The Bertz CT molecular complexity index is 739. The first-order valence-corrected chi connectivity index (χ1v) is 9.55. The number of rotatable bonds is 6. The zero-order chi connectivity index (χ0) is 18.2. The van der Waals surface area contributed by atoms with Crippen LogP contribution >= 0.6 is 15.9 Å². The van der Waals surface area contributed by atoms with Gasteiger partial charge in [0.05, 0.1) is 6.21 Å². The quantitative estimate of drug-likeness (QED) is 0.573. The number of halogens is 1. The molecule has 0 bridgehead atoms. The van der Waals surface area contributed by atoms with Crippen LogP contribution in [0.4, 0.5) is 5.69 Å². The van der Waals surface area contributed by atoms with Gasteiger partial charge in [0.15, 0.2) is 6.61 Å². The van der Waals surface area contributed by atoms with Crippen LogP contribution in [0, 0.1) is 0 Å². The van der Waals surface area contributed by atoms with Crippen molar-refractivity contribution in [3.63, 3.8) is 0 Å². The van der Waals surface area contributed by atoms with E-state index < -0.39 is 0 Å². The predicted molar refractivity (Wildman–Crippen MR) is 108 cm³/mol. The monoisotopic (exact) mass is 415 g/mol. The topological polar surface area (TPSA) is 53.9 Å². The summed E-state index contributed by atoms with van der Waals surface area (Å²) in [6.45, 7) is 2.18. The van der Waals surface area contributed by atoms with Crippen molar-refractivity contribution in [2.24, 2.45) is 5.10 Å². The number of hydrogen-bond donors (Lipinski definition) is 1. The maximum atomic E-state index is 11.8. The fourth-order valence-corrected chi connectivity index (χ4v) is 3.08. The van der Waals surface area contributed by atoms with Gasteiger partial charge < -0.3 is 9.64 Å². The van der Waals surface area contributed by atoms with E-state index in [1.165, 1.54) is 24.9 Å². The van der Waals surface area contributed by atoms with E-state index in [0.717, 1.165) is 23.1 Å². The molecule has 5 nitrogen and oxygen atoms in total. The normalized spacial score (nSPS) is 14.4. The molecule has 136 valence electrons. The lowest BCUT2D eigenvalue weighted by Gasteiger charge is -2.28. The maximum Gasteiger partial charge on any atom is 0.277 e. The number of carbonyl (C=O) groups is 1. The van der Waals surface area contributed by atoms with Crippen molar-refractivity contribution in [1.29, 1.82) is 0 Å². The zero-order valence-electron chi connectivity index (χ0n) is 14.5. The Morgan fingerprint density at radius 2 is 1.77 bits per heavy atom. The van der Waals surface area contributed by atoms with Crippen LogP contribution < -0.4 is 15.1 Å². The first kappa shape index (κ1) is 18.5. The fraction of sp³-hybridized carbons (Fsp3) is 0.300. The summed E-state index contributed by atoms with van der Waals surface area (Å²) < 4.78 is 6.36. The summed E-state index contributed by atoms with van der Waals surface area (Å²) in [5.41, 5.74) is 4.67. The molecule has 1 aliphatic heterocycles. The molecule has 2 aromatic carbocycles. The molecule has 1 aliphatic rings. The lowest BCUT2D eigenvalue weighted by molar-refractivity contribution is -0.123. The molecular weight excluding hydrogens is 394 g/mol. The summed E-state index contributed by atoms with van der Waals surface area (Å²) in [6, 6.07) is 15.5. The van der Waals surface area contributed by atoms with Crippen LogP contribution in [0.25, 0.3) is 0 Å². The van der Waals surface area contributed by atoms with Crippen LogP contribution in [0.5, 0.6) is 5.75 Å². The summed E-state index contributed by atoms with van der Waals surface area (Å²) in [6.07, 6.45) is 5.49. The summed E-state index contributed by atoms with van der Waals surface area (Å²) in [5, 5.41) is 3.98. The molecule has 1 fully saturated rings. The molecule has 0 unspecified atom stereocenters. The number of hydrogen-bond acceptors (Lipinski definition) is 4. The predicted octanol–water partition coefficient (Wildman–Crippen LogP) is 3.97. The van der Waals surface area contributed by atoms with Crippen molar-refractivity contribution in [3.05, 3.63) is 58.6 Å². The summed E-state index contributed by atoms with van der Waals surface area (Å²) in [4.78, 5) is 14.2. The van der Waals surface area contributed by atoms with E-state index in [4.69, 9.17) is 4.74 Å². The first-order chi connectivity index (χ1) is 12.7. The van der Waals surface area contributed by atoms with Crippen LogP contribution in [0.1, 0.15) is 24.8 Å². The second-order valence-electron chi connectivity index (χ2n) is 6.18. The van der Waals surface area contributed by atoms with Crippen molar-refractivity contribution >= 4 is 33.7 Å². The van der Waals surface area contributed by atoms with Crippen molar-refractivity contribution < 1.29 is 9.53 Å². The molecule has 0 saturated carbocycles. The molecule has 26 heavy (non-hydrogen) atoms. The standard InChI is InChI=1S/C20H22BrN3O2/c21-17-6-10-19(11-7-17)26-15-20(25)23-22-14-16-4-8-18(9-5-16)24-12-2-1-3-13-24/h4-11,14H,1-3,12-13,15H2,(H,23,25)/b22-14-. The third kappa shape index (κ3) is 5.59. The SMILES string of the molecule is O=C(COc1ccc(Br)cc1)N/N=C\c1ccc(N2CCCCC2)cc1. The highest BCUT2D eigenvalue weighted by atomic mass is 79.9. The maximum absolute atomic E-state index is 11.8. The van der Waals surface area contributed by atoms with E-state index >= 15 is 0 Å². The van der Waals surface area contributed by atoms with Crippen LogP contribution in [-0.2, 0) is 4.79 Å². The zero-order valence-corrected chi connectivity index (χ0v) is 16.1. The van der Waals surface area contributed by atoms with E-state index in [2.05, 4.69) is 43.5 Å². The smallest absolute Gasteiger partial charge is 0.277 e. The van der Waals surface area contributed by atoms with Crippen molar-refractivity contribution in [2.45, 2.75) is 19.3 Å². The van der Waals surface area contributed by atoms with E-state index in [9.17, 15) is 4.79 Å². The third-order valence-electron chi connectivity index (χ3n) is 4.20. The summed E-state index contributed by atoms with van der Waals surface area (Å²) in [7, 11) is 0. The van der Waals surface area contributed by atoms with Gasteiger partial charge in [-0.15, -0.1) is 0 Å². The molecule has 0 aromatic heterocycles. The van der Waals surface area contributed by atoms with E-state index in [1.54, 1.807) is 18.3 Å². The Labute approximate surface area is 162 Å². The lowest BCUT2D eigenvalue weighted by atomic mass is 10.1. The molecule has 1 amide bonds. The minimum absolute atomic E-state index is 0.0765. The van der Waals surface area contributed by atoms with Crippen LogP contribution in [0.3, 0.4) is 0 Å². The molecule has 2 aromatic rings. The number of nitrogens with zero attached hydrogens (tertiary/aromatic N) is 2. The van der Waals surface area contributed by atoms with Gasteiger partial charge in [-0.05, 0) is 61.2 Å². The largest absolute Gasteiger partial charge is 0.484 e. The highest BCUT2D eigenvalue weighted by Gasteiger charge is 2.10. The van der Waals surface area contributed by atoms with Gasteiger partial charge in [0.2, 0.25) is 0 Å². The first-order valence-electron chi connectivity index (χ1n) is 8.76. The van der Waals surface area contributed by atoms with Gasteiger partial charge in [-0.2, -0.15) is 5.10 Å². The van der Waals surface area contributed by atoms with Crippen LogP contribution in [0.15, 0.2) is 58.1 Å². The van der Waals surface area contributed by atoms with Gasteiger partial charge in [-0.1, -0.05) is 28.1 Å². The molecular formula is C20H22BrN3O2. The fourth-order valence-electron chi connectivity index (χ4n) is 2.81. The number of benzene rings is 2. The Hall–Kier alpha value is -2.34. The molecule has 0 spiro atoms. The van der Waals surface area contributed by atoms with Crippen molar-refractivity contribution in [2.75, 3.05) is 24.6 Å². The number of piperidine rings is 1. The number of nitrogens with one attached hydrogen (secondary N) is 1. The second-order valence-corrected chi connectivity index (χ2v) is 7.09.